The number of amides is 1. The Morgan fingerprint density at radius 2 is 2.32 bits per heavy atom. The SMILES string of the molecule is CC12COCC1Nc1cccc(C(=O)O)c1NC2=O. The van der Waals surface area contributed by atoms with Gasteiger partial charge in [-0.05, 0) is 19.1 Å². The molecular weight excluding hydrogens is 248 g/mol. The zero-order valence-corrected chi connectivity index (χ0v) is 10.4. The summed E-state index contributed by atoms with van der Waals surface area (Å²) in [6.07, 6.45) is 0. The van der Waals surface area contributed by atoms with Crippen LogP contribution in [0.5, 0.6) is 0 Å². The van der Waals surface area contributed by atoms with Crippen molar-refractivity contribution in [1.82, 2.24) is 0 Å². The summed E-state index contributed by atoms with van der Waals surface area (Å²) < 4.78 is 5.37. The molecule has 0 aromatic heterocycles. The van der Waals surface area contributed by atoms with Crippen molar-refractivity contribution in [1.29, 1.82) is 0 Å². The van der Waals surface area contributed by atoms with Gasteiger partial charge in [0.15, 0.2) is 0 Å². The molecule has 1 amide bonds. The molecule has 2 aliphatic heterocycles. The van der Waals surface area contributed by atoms with Gasteiger partial charge in [0, 0.05) is 0 Å². The summed E-state index contributed by atoms with van der Waals surface area (Å²) in [7, 11) is 0. The van der Waals surface area contributed by atoms with Gasteiger partial charge in [0.1, 0.15) is 0 Å². The molecule has 3 N–H and O–H groups in total. The molecule has 2 aliphatic rings. The first-order chi connectivity index (χ1) is 9.02. The van der Waals surface area contributed by atoms with Crippen LogP contribution in [0.2, 0.25) is 0 Å². The Morgan fingerprint density at radius 1 is 1.53 bits per heavy atom. The smallest absolute Gasteiger partial charge is 0.337 e. The number of carboxylic acids is 1. The van der Waals surface area contributed by atoms with Gasteiger partial charge >= 0.3 is 5.97 Å². The monoisotopic (exact) mass is 262 g/mol. The second kappa shape index (κ2) is 3.96. The zero-order chi connectivity index (χ0) is 13.6. The van der Waals surface area contributed by atoms with Crippen LogP contribution in [0.3, 0.4) is 0 Å². The van der Waals surface area contributed by atoms with Gasteiger partial charge in [0.05, 0.1) is 41.6 Å². The minimum Gasteiger partial charge on any atom is -0.478 e. The number of fused-ring (bicyclic) bond motifs is 2. The van der Waals surface area contributed by atoms with Crippen LogP contribution in [0.4, 0.5) is 11.4 Å². The van der Waals surface area contributed by atoms with Gasteiger partial charge < -0.3 is 20.5 Å². The fourth-order valence-corrected chi connectivity index (χ4v) is 2.53. The van der Waals surface area contributed by atoms with Crippen molar-refractivity contribution in [3.63, 3.8) is 0 Å². The average Bonchev–Trinajstić information content (AvgIpc) is 2.69. The fourth-order valence-electron chi connectivity index (χ4n) is 2.53. The van der Waals surface area contributed by atoms with E-state index in [1.807, 2.05) is 6.92 Å². The van der Waals surface area contributed by atoms with Crippen molar-refractivity contribution in [2.24, 2.45) is 5.41 Å². The molecule has 6 nitrogen and oxygen atoms in total. The van der Waals surface area contributed by atoms with Crippen molar-refractivity contribution < 1.29 is 19.4 Å². The van der Waals surface area contributed by atoms with Crippen LogP contribution in [-0.2, 0) is 9.53 Å². The van der Waals surface area contributed by atoms with Gasteiger partial charge in [-0.2, -0.15) is 0 Å². The lowest BCUT2D eigenvalue weighted by atomic mass is 9.84. The second-order valence-corrected chi connectivity index (χ2v) is 5.12. The summed E-state index contributed by atoms with van der Waals surface area (Å²) >= 11 is 0. The Balaban J connectivity index is 2.11. The van der Waals surface area contributed by atoms with Crippen LogP contribution in [0.25, 0.3) is 0 Å². The van der Waals surface area contributed by atoms with Crippen LogP contribution >= 0.6 is 0 Å². The van der Waals surface area contributed by atoms with Crippen molar-refractivity contribution in [2.45, 2.75) is 13.0 Å². The Hall–Kier alpha value is -2.08. The molecule has 1 fully saturated rings. The van der Waals surface area contributed by atoms with Crippen LogP contribution in [0.1, 0.15) is 17.3 Å². The number of para-hydroxylation sites is 1. The maximum atomic E-state index is 12.3. The minimum absolute atomic E-state index is 0.0860. The number of anilines is 2. The number of carbonyl (C=O) groups is 2. The van der Waals surface area contributed by atoms with Gasteiger partial charge in [-0.25, -0.2) is 4.79 Å². The third-order valence-electron chi connectivity index (χ3n) is 3.84. The number of carboxylic acid groups (broad SMARTS) is 1. The third-order valence-corrected chi connectivity index (χ3v) is 3.84. The molecule has 0 aliphatic carbocycles. The number of rotatable bonds is 1. The quantitative estimate of drug-likeness (QED) is 0.706. The van der Waals surface area contributed by atoms with Crippen molar-refractivity contribution in [2.75, 3.05) is 23.8 Å². The normalized spacial score (nSPS) is 28.7. The van der Waals surface area contributed by atoms with E-state index >= 15 is 0 Å². The first-order valence-corrected chi connectivity index (χ1v) is 6.04. The zero-order valence-electron chi connectivity index (χ0n) is 10.4. The number of ether oxygens (including phenoxy) is 1. The molecule has 6 heteroatoms. The van der Waals surface area contributed by atoms with E-state index in [4.69, 9.17) is 4.74 Å². The number of aromatic carboxylic acids is 1. The standard InChI is InChI=1S/C13H14N2O4/c1-13-6-19-5-9(13)14-8-4-2-3-7(11(16)17)10(8)15-12(13)18/h2-4,9,14H,5-6H2,1H3,(H,15,18)(H,16,17). The maximum absolute atomic E-state index is 12.3. The topological polar surface area (TPSA) is 87.7 Å². The number of hydrogen-bond donors (Lipinski definition) is 3. The highest BCUT2D eigenvalue weighted by Gasteiger charge is 2.48. The molecule has 2 atom stereocenters. The first kappa shape index (κ1) is 12.0. The Bertz CT molecular complexity index is 572. The molecular formula is C13H14N2O4. The van der Waals surface area contributed by atoms with Crippen LogP contribution < -0.4 is 10.6 Å². The van der Waals surface area contributed by atoms with E-state index in [0.717, 1.165) is 0 Å². The lowest BCUT2D eigenvalue weighted by Gasteiger charge is -2.25. The predicted molar refractivity (Wildman–Crippen MR) is 68.4 cm³/mol. The summed E-state index contributed by atoms with van der Waals surface area (Å²) in [6.45, 7) is 2.58. The molecule has 2 unspecified atom stereocenters. The Labute approximate surface area is 109 Å². The Kier molecular flexibility index (Phi) is 2.50. The molecule has 1 aromatic rings. The van der Waals surface area contributed by atoms with Gasteiger partial charge in [-0.3, -0.25) is 4.79 Å². The molecule has 0 saturated carbocycles. The van der Waals surface area contributed by atoms with Gasteiger partial charge in [-0.1, -0.05) is 6.07 Å². The number of carbonyl (C=O) groups excluding carboxylic acids is 1. The van der Waals surface area contributed by atoms with Crippen molar-refractivity contribution in [3.05, 3.63) is 23.8 Å². The third kappa shape index (κ3) is 1.67. The number of hydrogen-bond acceptors (Lipinski definition) is 4. The fraction of sp³-hybridized carbons (Fsp3) is 0.385. The largest absolute Gasteiger partial charge is 0.478 e. The molecule has 0 bridgehead atoms. The summed E-state index contributed by atoms with van der Waals surface area (Å²) in [5, 5.41) is 15.1. The van der Waals surface area contributed by atoms with E-state index in [9.17, 15) is 14.7 Å². The summed E-state index contributed by atoms with van der Waals surface area (Å²) in [5.41, 5.74) is 0.348. The average molecular weight is 262 g/mol. The predicted octanol–water partition coefficient (Wildman–Crippen LogP) is 1.15. The number of benzene rings is 1. The Morgan fingerprint density at radius 3 is 3.05 bits per heavy atom. The van der Waals surface area contributed by atoms with E-state index in [2.05, 4.69) is 10.6 Å². The summed E-state index contributed by atoms with van der Waals surface area (Å²) in [6, 6.07) is 4.73. The molecule has 1 saturated heterocycles. The van der Waals surface area contributed by atoms with E-state index < -0.39 is 11.4 Å². The molecule has 3 rings (SSSR count). The van der Waals surface area contributed by atoms with Crippen LogP contribution in [0.15, 0.2) is 18.2 Å². The molecule has 19 heavy (non-hydrogen) atoms. The van der Waals surface area contributed by atoms with Crippen LogP contribution in [-0.4, -0.2) is 36.2 Å². The van der Waals surface area contributed by atoms with E-state index in [1.54, 1.807) is 12.1 Å². The summed E-state index contributed by atoms with van der Waals surface area (Å²) in [5.74, 6) is -1.28. The van der Waals surface area contributed by atoms with Crippen molar-refractivity contribution in [3.8, 4) is 0 Å². The molecule has 0 spiro atoms. The van der Waals surface area contributed by atoms with Gasteiger partial charge in [0.2, 0.25) is 5.91 Å². The minimum atomic E-state index is -1.06. The lowest BCUT2D eigenvalue weighted by molar-refractivity contribution is -0.124. The number of nitrogens with one attached hydrogen (secondary N) is 2. The molecule has 100 valence electrons. The lowest BCUT2D eigenvalue weighted by Crippen LogP contribution is -2.44. The highest BCUT2D eigenvalue weighted by molar-refractivity contribution is 6.07. The summed E-state index contributed by atoms with van der Waals surface area (Å²) in [4.78, 5) is 23.5. The second-order valence-electron chi connectivity index (χ2n) is 5.12. The highest BCUT2D eigenvalue weighted by atomic mass is 16.5. The maximum Gasteiger partial charge on any atom is 0.337 e. The van der Waals surface area contributed by atoms with Gasteiger partial charge in [-0.15, -0.1) is 0 Å². The van der Waals surface area contributed by atoms with E-state index in [0.29, 0.717) is 24.6 Å². The molecule has 1 aromatic carbocycles. The van der Waals surface area contributed by atoms with E-state index in [-0.39, 0.29) is 17.5 Å². The van der Waals surface area contributed by atoms with Crippen LogP contribution in [0, 0.1) is 5.41 Å². The molecule has 0 radical (unpaired) electrons. The first-order valence-electron chi connectivity index (χ1n) is 6.04. The highest BCUT2D eigenvalue weighted by Crippen LogP contribution is 2.39. The van der Waals surface area contributed by atoms with E-state index in [1.165, 1.54) is 6.07 Å². The molecule has 2 heterocycles. The van der Waals surface area contributed by atoms with Crippen molar-refractivity contribution >= 4 is 23.3 Å². The van der Waals surface area contributed by atoms with Gasteiger partial charge in [0.25, 0.3) is 0 Å².